The largest absolute Gasteiger partial charge is 0.314 e. The van der Waals surface area contributed by atoms with Gasteiger partial charge in [-0.15, -0.1) is 0 Å². The Balaban J connectivity index is 1.48. The van der Waals surface area contributed by atoms with E-state index in [0.29, 0.717) is 17.5 Å². The second kappa shape index (κ2) is 8.85. The molecule has 0 unspecified atom stereocenters. The normalized spacial score (nSPS) is 11.8. The maximum atomic E-state index is 5.11. The topological polar surface area (TPSA) is 47.5 Å². The molecule has 0 fully saturated rings. The Kier molecular flexibility index (Phi) is 4.83. The van der Waals surface area contributed by atoms with Crippen LogP contribution in [0.15, 0.2) is 140 Å². The summed E-state index contributed by atoms with van der Waals surface area (Å²) in [6, 6.07) is 44.2. The molecule has 0 aliphatic carbocycles. The number of nitrogens with zero attached hydrogens (tertiary/aromatic N) is 5. The van der Waals surface area contributed by atoms with Crippen LogP contribution in [0.5, 0.6) is 0 Å². The van der Waals surface area contributed by atoms with Gasteiger partial charge >= 0.3 is 0 Å². The van der Waals surface area contributed by atoms with Crippen LogP contribution in [0.1, 0.15) is 0 Å². The summed E-state index contributed by atoms with van der Waals surface area (Å²) in [5.74, 6) is 1.95. The Morgan fingerprint density at radius 1 is 0.405 bits per heavy atom. The van der Waals surface area contributed by atoms with Gasteiger partial charge in [0, 0.05) is 50.6 Å². The van der Waals surface area contributed by atoms with E-state index in [9.17, 15) is 0 Å². The number of benzene rings is 5. The highest BCUT2D eigenvalue weighted by molar-refractivity contribution is 6.17. The predicted octanol–water partition coefficient (Wildman–Crippen LogP) is 8.84. The molecule has 0 aliphatic heterocycles. The summed E-state index contributed by atoms with van der Waals surface area (Å²) in [6.45, 7) is 0. The Morgan fingerprint density at radius 2 is 0.976 bits per heavy atom. The first-order chi connectivity index (χ1) is 20.8. The highest BCUT2D eigenvalue weighted by Gasteiger charge is 2.19. The molecule has 0 radical (unpaired) electrons. The number of hydrogen-bond acceptors (Lipinski definition) is 3. The van der Waals surface area contributed by atoms with Crippen LogP contribution >= 0.6 is 0 Å². The van der Waals surface area contributed by atoms with Gasteiger partial charge < -0.3 is 8.80 Å². The molecule has 0 amide bonds. The summed E-state index contributed by atoms with van der Waals surface area (Å²) in [5.41, 5.74) is 7.48. The monoisotopic (exact) mass is 537 g/mol. The van der Waals surface area contributed by atoms with Crippen LogP contribution in [0.25, 0.3) is 77.8 Å². The summed E-state index contributed by atoms with van der Waals surface area (Å²) in [5, 5.41) is 4.61. The third kappa shape index (κ3) is 3.34. The van der Waals surface area contributed by atoms with Crippen LogP contribution in [0.3, 0.4) is 0 Å². The number of hydrogen-bond donors (Lipinski definition) is 0. The van der Waals surface area contributed by atoms with E-state index in [-0.39, 0.29) is 0 Å². The fraction of sp³-hybridized carbons (Fsp3) is 0. The lowest BCUT2D eigenvalue weighted by atomic mass is 10.0. The highest BCUT2D eigenvalue weighted by Crippen LogP contribution is 2.38. The molecule has 0 atom stereocenters. The zero-order valence-corrected chi connectivity index (χ0v) is 22.5. The van der Waals surface area contributed by atoms with Crippen molar-refractivity contribution in [2.24, 2.45) is 0 Å². The average Bonchev–Trinajstić information content (AvgIpc) is 3.69. The quantitative estimate of drug-likeness (QED) is 0.226. The van der Waals surface area contributed by atoms with Crippen LogP contribution in [0.2, 0.25) is 0 Å². The number of fused-ring (bicyclic) bond motifs is 4. The lowest BCUT2D eigenvalue weighted by Crippen LogP contribution is -2.01. The second-order valence-corrected chi connectivity index (χ2v) is 10.6. The van der Waals surface area contributed by atoms with Gasteiger partial charge in [-0.2, -0.15) is 0 Å². The van der Waals surface area contributed by atoms with Gasteiger partial charge in [-0.05, 0) is 30.3 Å². The number of para-hydroxylation sites is 2. The van der Waals surface area contributed by atoms with E-state index in [1.807, 2.05) is 60.7 Å². The Hall–Kier alpha value is -5.81. The number of aromatic nitrogens is 5. The standard InChI is InChI=1S/C37H23N5/c1-3-10-26(11-4-1)35-38-36(27-12-5-2-6-13-27)40-37(39-35)29-19-18-25-21-23-42-31-17-9-14-24-20-22-41(33(24)31)30-16-8-7-15-28(30)32(29)34(25)42/h1-23H. The molecule has 0 spiro atoms. The number of rotatable bonds is 3. The molecule has 0 saturated heterocycles. The first-order valence-electron chi connectivity index (χ1n) is 14.0. The molecule has 4 aromatic heterocycles. The van der Waals surface area contributed by atoms with E-state index in [2.05, 4.69) is 87.9 Å². The molecule has 196 valence electrons. The lowest BCUT2D eigenvalue weighted by molar-refractivity contribution is 1.08. The van der Waals surface area contributed by atoms with E-state index in [0.717, 1.165) is 44.0 Å². The SMILES string of the molecule is c1ccc(-c2nc(-c3ccccc3)nc(-c3ccc4ccn5c6cccc7ccn(c8ccccc8c3c45)c76)n2)cc1. The molecule has 5 aromatic carbocycles. The van der Waals surface area contributed by atoms with Crippen molar-refractivity contribution in [2.75, 3.05) is 0 Å². The smallest absolute Gasteiger partial charge is 0.164 e. The minimum absolute atomic E-state index is 0.647. The molecule has 9 rings (SSSR count). The van der Waals surface area contributed by atoms with Crippen molar-refractivity contribution in [3.8, 4) is 34.2 Å². The fourth-order valence-corrected chi connectivity index (χ4v) is 6.28. The van der Waals surface area contributed by atoms with Gasteiger partial charge in [0.15, 0.2) is 17.5 Å². The van der Waals surface area contributed by atoms with E-state index in [1.54, 1.807) is 0 Å². The molecule has 0 saturated carbocycles. The van der Waals surface area contributed by atoms with Gasteiger partial charge in [-0.3, -0.25) is 0 Å². The second-order valence-electron chi connectivity index (χ2n) is 10.6. The predicted molar refractivity (Wildman–Crippen MR) is 171 cm³/mol. The van der Waals surface area contributed by atoms with Crippen molar-refractivity contribution in [1.29, 1.82) is 0 Å². The Morgan fingerprint density at radius 3 is 1.69 bits per heavy atom. The van der Waals surface area contributed by atoms with Crippen LogP contribution in [0.4, 0.5) is 0 Å². The van der Waals surface area contributed by atoms with Gasteiger partial charge in [-0.1, -0.05) is 97.1 Å². The summed E-state index contributed by atoms with van der Waals surface area (Å²) in [7, 11) is 0. The minimum atomic E-state index is 0.647. The molecule has 42 heavy (non-hydrogen) atoms. The fourth-order valence-electron chi connectivity index (χ4n) is 6.28. The van der Waals surface area contributed by atoms with E-state index in [1.165, 1.54) is 16.3 Å². The maximum absolute atomic E-state index is 5.11. The van der Waals surface area contributed by atoms with Gasteiger partial charge in [0.1, 0.15) is 0 Å². The third-order valence-electron chi connectivity index (χ3n) is 8.18. The first-order valence-corrected chi connectivity index (χ1v) is 14.0. The third-order valence-corrected chi connectivity index (χ3v) is 8.18. The van der Waals surface area contributed by atoms with E-state index >= 15 is 0 Å². The van der Waals surface area contributed by atoms with Crippen LogP contribution in [-0.2, 0) is 0 Å². The van der Waals surface area contributed by atoms with Crippen LogP contribution < -0.4 is 0 Å². The van der Waals surface area contributed by atoms with Gasteiger partial charge in [0.2, 0.25) is 0 Å². The summed E-state index contributed by atoms with van der Waals surface area (Å²) in [6.07, 6.45) is 4.35. The zero-order chi connectivity index (χ0) is 27.6. The Bertz CT molecular complexity index is 2400. The summed E-state index contributed by atoms with van der Waals surface area (Å²) in [4.78, 5) is 15.2. The van der Waals surface area contributed by atoms with Crippen molar-refractivity contribution >= 4 is 43.6 Å². The van der Waals surface area contributed by atoms with Gasteiger partial charge in [0.25, 0.3) is 0 Å². The van der Waals surface area contributed by atoms with Crippen molar-refractivity contribution in [1.82, 2.24) is 23.8 Å². The molecule has 4 heterocycles. The van der Waals surface area contributed by atoms with Crippen molar-refractivity contribution in [3.05, 3.63) is 140 Å². The molecule has 5 heteroatoms. The van der Waals surface area contributed by atoms with Crippen LogP contribution in [0, 0.1) is 0 Å². The van der Waals surface area contributed by atoms with Crippen LogP contribution in [-0.4, -0.2) is 23.8 Å². The molecule has 0 bridgehead atoms. The molecule has 5 nitrogen and oxygen atoms in total. The van der Waals surface area contributed by atoms with Crippen molar-refractivity contribution in [2.45, 2.75) is 0 Å². The van der Waals surface area contributed by atoms with E-state index in [4.69, 9.17) is 15.0 Å². The summed E-state index contributed by atoms with van der Waals surface area (Å²) >= 11 is 0. The van der Waals surface area contributed by atoms with E-state index < -0.39 is 0 Å². The first kappa shape index (κ1) is 22.9. The lowest BCUT2D eigenvalue weighted by Gasteiger charge is -2.14. The molecule has 0 N–H and O–H groups in total. The summed E-state index contributed by atoms with van der Waals surface area (Å²) < 4.78 is 4.63. The molecular weight excluding hydrogens is 514 g/mol. The van der Waals surface area contributed by atoms with Gasteiger partial charge in [0.05, 0.1) is 22.1 Å². The van der Waals surface area contributed by atoms with Crippen molar-refractivity contribution in [3.63, 3.8) is 0 Å². The molecular formula is C37H23N5. The minimum Gasteiger partial charge on any atom is -0.314 e. The molecule has 0 aliphatic rings. The van der Waals surface area contributed by atoms with Gasteiger partial charge in [-0.25, -0.2) is 15.0 Å². The maximum Gasteiger partial charge on any atom is 0.164 e. The highest BCUT2D eigenvalue weighted by atomic mass is 15.0. The Labute approximate surface area is 241 Å². The zero-order valence-electron chi connectivity index (χ0n) is 22.5. The molecule has 9 aromatic rings. The van der Waals surface area contributed by atoms with Crippen molar-refractivity contribution < 1.29 is 0 Å². The average molecular weight is 538 g/mol.